The van der Waals surface area contributed by atoms with Crippen molar-refractivity contribution in [1.29, 1.82) is 0 Å². The molecule has 0 atom stereocenters. The van der Waals surface area contributed by atoms with Crippen LogP contribution in [0.5, 0.6) is 5.75 Å². The Morgan fingerprint density at radius 1 is 1.48 bits per heavy atom. The van der Waals surface area contributed by atoms with Gasteiger partial charge in [-0.05, 0) is 19.9 Å². The zero-order valence-corrected chi connectivity index (χ0v) is 13.9. The summed E-state index contributed by atoms with van der Waals surface area (Å²) in [6.07, 6.45) is 1.43. The number of halogens is 1. The molecule has 1 heterocycles. The fraction of sp³-hybridized carbons (Fsp3) is 0.533. The minimum atomic E-state index is -0.670. The molecule has 0 bridgehead atoms. The molecule has 1 N–H and O–H groups in total. The third kappa shape index (κ3) is 4.40. The van der Waals surface area contributed by atoms with E-state index in [9.17, 15) is 15.2 Å². The average molecular weight is 342 g/mol. The molecule has 0 unspecified atom stereocenters. The van der Waals surface area contributed by atoms with Gasteiger partial charge in [-0.2, -0.15) is 0 Å². The van der Waals surface area contributed by atoms with E-state index in [1.807, 2.05) is 0 Å². The van der Waals surface area contributed by atoms with Crippen LogP contribution in [0.3, 0.4) is 0 Å². The van der Waals surface area contributed by atoms with Crippen LogP contribution in [-0.4, -0.2) is 59.5 Å². The van der Waals surface area contributed by atoms with Gasteiger partial charge in [-0.15, -0.1) is 0 Å². The Bertz CT molecular complexity index is 613. The number of nitrogens with zero attached hydrogens (tertiary/aromatic N) is 3. The number of phenols is 1. The summed E-state index contributed by atoms with van der Waals surface area (Å²) in [7, 11) is 0. The van der Waals surface area contributed by atoms with Crippen molar-refractivity contribution in [2.45, 2.75) is 19.4 Å². The van der Waals surface area contributed by atoms with Crippen LogP contribution >= 0.6 is 11.6 Å². The van der Waals surface area contributed by atoms with E-state index in [0.29, 0.717) is 19.8 Å². The van der Waals surface area contributed by atoms with Crippen LogP contribution in [0, 0.1) is 10.1 Å². The molecule has 0 aliphatic carbocycles. The quantitative estimate of drug-likeness (QED) is 0.505. The predicted molar refractivity (Wildman–Crippen MR) is 88.7 cm³/mol. The van der Waals surface area contributed by atoms with Gasteiger partial charge < -0.3 is 9.84 Å². The van der Waals surface area contributed by atoms with Crippen LogP contribution in [0.25, 0.3) is 0 Å². The van der Waals surface area contributed by atoms with Crippen LogP contribution in [0.4, 0.5) is 5.69 Å². The fourth-order valence-corrected chi connectivity index (χ4v) is 2.70. The maximum Gasteiger partial charge on any atom is 0.312 e. The minimum absolute atomic E-state index is 0.166. The Morgan fingerprint density at radius 2 is 2.13 bits per heavy atom. The smallest absolute Gasteiger partial charge is 0.312 e. The van der Waals surface area contributed by atoms with Crippen molar-refractivity contribution in [3.63, 3.8) is 0 Å². The van der Waals surface area contributed by atoms with E-state index in [1.54, 1.807) is 0 Å². The van der Waals surface area contributed by atoms with Crippen molar-refractivity contribution in [2.24, 2.45) is 4.99 Å². The average Bonchev–Trinajstić information content (AvgIpc) is 2.51. The van der Waals surface area contributed by atoms with Gasteiger partial charge >= 0.3 is 5.69 Å². The molecule has 1 aromatic rings. The first-order valence-corrected chi connectivity index (χ1v) is 7.68. The van der Waals surface area contributed by atoms with E-state index >= 15 is 0 Å². The molecular weight excluding hydrogens is 322 g/mol. The first-order valence-electron chi connectivity index (χ1n) is 7.31. The van der Waals surface area contributed by atoms with Crippen molar-refractivity contribution < 1.29 is 14.8 Å². The molecule has 1 saturated heterocycles. The Morgan fingerprint density at radius 3 is 2.74 bits per heavy atom. The van der Waals surface area contributed by atoms with Gasteiger partial charge in [0.15, 0.2) is 0 Å². The first kappa shape index (κ1) is 17.7. The van der Waals surface area contributed by atoms with E-state index in [4.69, 9.17) is 16.3 Å². The second kappa shape index (κ2) is 7.25. The number of aliphatic imine (C=N–C) groups is 1. The molecule has 1 aromatic carbocycles. The largest absolute Gasteiger partial charge is 0.502 e. The molecule has 1 fully saturated rings. The highest BCUT2D eigenvalue weighted by molar-refractivity contribution is 6.31. The number of ether oxygens (including phenoxy) is 1. The van der Waals surface area contributed by atoms with Crippen molar-refractivity contribution >= 4 is 23.5 Å². The number of phenolic OH excluding ortho intramolecular Hbond substituents is 1. The summed E-state index contributed by atoms with van der Waals surface area (Å²) in [5, 5.41) is 21.0. The SMILES string of the molecule is CC(C)(CN=Cc1cc(Cl)cc([N+](=O)[O-])c1O)N1CCOCC1. The number of benzene rings is 1. The lowest BCUT2D eigenvalue weighted by Gasteiger charge is -2.39. The minimum Gasteiger partial charge on any atom is -0.502 e. The standard InChI is InChI=1S/C15H20ClN3O4/c1-15(2,18-3-5-23-6-4-18)10-17-9-11-7-12(16)8-13(14(11)20)19(21)22/h7-9,20H,3-6,10H2,1-2H3. The molecule has 2 rings (SSSR count). The number of morpholine rings is 1. The molecule has 126 valence electrons. The number of nitro groups is 1. The molecule has 23 heavy (non-hydrogen) atoms. The van der Waals surface area contributed by atoms with Crippen molar-refractivity contribution in [3.05, 3.63) is 32.8 Å². The summed E-state index contributed by atoms with van der Waals surface area (Å²) in [6, 6.07) is 2.57. The van der Waals surface area contributed by atoms with E-state index in [2.05, 4.69) is 23.7 Å². The maximum absolute atomic E-state index is 10.9. The zero-order valence-electron chi connectivity index (χ0n) is 13.2. The van der Waals surface area contributed by atoms with Crippen LogP contribution in [0.15, 0.2) is 17.1 Å². The molecule has 0 amide bonds. The lowest BCUT2D eigenvalue weighted by Crippen LogP contribution is -2.51. The van der Waals surface area contributed by atoms with Gasteiger partial charge in [-0.3, -0.25) is 20.0 Å². The molecule has 7 nitrogen and oxygen atoms in total. The summed E-state index contributed by atoms with van der Waals surface area (Å²) in [5.41, 5.74) is -0.353. The molecule has 0 spiro atoms. The fourth-order valence-electron chi connectivity index (χ4n) is 2.48. The zero-order chi connectivity index (χ0) is 17.0. The molecular formula is C15H20ClN3O4. The second-order valence-electron chi connectivity index (χ2n) is 6.00. The summed E-state index contributed by atoms with van der Waals surface area (Å²) >= 11 is 5.86. The van der Waals surface area contributed by atoms with Crippen LogP contribution in [0.2, 0.25) is 5.02 Å². The Kier molecular flexibility index (Phi) is 5.56. The van der Waals surface area contributed by atoms with E-state index in [0.717, 1.165) is 19.2 Å². The van der Waals surface area contributed by atoms with E-state index in [1.165, 1.54) is 12.3 Å². The number of aromatic hydroxyl groups is 1. The maximum atomic E-state index is 10.9. The number of hydrogen-bond donors (Lipinski definition) is 1. The summed E-state index contributed by atoms with van der Waals surface area (Å²) in [5.74, 6) is -0.424. The highest BCUT2D eigenvalue weighted by atomic mass is 35.5. The van der Waals surface area contributed by atoms with Crippen molar-refractivity contribution in [2.75, 3.05) is 32.8 Å². The van der Waals surface area contributed by atoms with Crippen molar-refractivity contribution in [3.8, 4) is 5.75 Å². The van der Waals surface area contributed by atoms with Crippen LogP contribution < -0.4 is 0 Å². The van der Waals surface area contributed by atoms with Gasteiger partial charge in [0.05, 0.1) is 24.7 Å². The third-order valence-electron chi connectivity index (χ3n) is 3.86. The van der Waals surface area contributed by atoms with Crippen LogP contribution in [-0.2, 0) is 4.74 Å². The molecule has 0 aromatic heterocycles. The van der Waals surface area contributed by atoms with Gasteiger partial charge in [0.1, 0.15) is 0 Å². The number of rotatable bonds is 5. The monoisotopic (exact) mass is 341 g/mol. The number of nitro benzene ring substituents is 1. The van der Waals surface area contributed by atoms with Gasteiger partial charge in [-0.1, -0.05) is 11.6 Å². The Labute approximate surface area is 139 Å². The van der Waals surface area contributed by atoms with Gasteiger partial charge in [0.2, 0.25) is 5.75 Å². The van der Waals surface area contributed by atoms with E-state index in [-0.39, 0.29) is 16.1 Å². The first-order chi connectivity index (χ1) is 10.8. The summed E-state index contributed by atoms with van der Waals surface area (Å²) in [4.78, 5) is 16.8. The summed E-state index contributed by atoms with van der Waals surface area (Å²) in [6.45, 7) is 7.74. The highest BCUT2D eigenvalue weighted by Gasteiger charge is 2.27. The summed E-state index contributed by atoms with van der Waals surface area (Å²) < 4.78 is 5.34. The Hall–Kier alpha value is -1.70. The molecule has 0 radical (unpaired) electrons. The second-order valence-corrected chi connectivity index (χ2v) is 6.44. The normalized spacial score (nSPS) is 16.8. The molecule has 8 heteroatoms. The van der Waals surface area contributed by atoms with Gasteiger partial charge in [0.25, 0.3) is 0 Å². The molecule has 1 aliphatic rings. The lowest BCUT2D eigenvalue weighted by atomic mass is 10.0. The van der Waals surface area contributed by atoms with Crippen LogP contribution in [0.1, 0.15) is 19.4 Å². The molecule has 0 saturated carbocycles. The predicted octanol–water partition coefficient (Wildman–Crippen LogP) is 2.48. The van der Waals surface area contributed by atoms with Crippen molar-refractivity contribution in [1.82, 2.24) is 4.90 Å². The van der Waals surface area contributed by atoms with E-state index < -0.39 is 16.4 Å². The van der Waals surface area contributed by atoms with Gasteiger partial charge in [0, 0.05) is 41.5 Å². The molecule has 1 aliphatic heterocycles. The Balaban J connectivity index is 2.12. The topological polar surface area (TPSA) is 88.2 Å². The lowest BCUT2D eigenvalue weighted by molar-refractivity contribution is -0.385. The van der Waals surface area contributed by atoms with Gasteiger partial charge in [-0.25, -0.2) is 0 Å². The number of hydrogen-bond acceptors (Lipinski definition) is 6. The highest BCUT2D eigenvalue weighted by Crippen LogP contribution is 2.32. The third-order valence-corrected chi connectivity index (χ3v) is 4.07.